The topological polar surface area (TPSA) is 58.1 Å². The minimum atomic E-state index is -0.00132. The molecular formula is C21H20Cl2N4O. The number of rotatable bonds is 4. The lowest BCUT2D eigenvalue weighted by Crippen LogP contribution is -2.30. The van der Waals surface area contributed by atoms with Crippen LogP contribution in [0, 0.1) is 12.8 Å². The summed E-state index contributed by atoms with van der Waals surface area (Å²) in [6.07, 6.45) is 2.65. The number of aromatic nitrogens is 2. The second-order valence-corrected chi connectivity index (χ2v) is 8.00. The zero-order chi connectivity index (χ0) is 19.7. The van der Waals surface area contributed by atoms with Crippen LogP contribution >= 0.6 is 23.2 Å². The van der Waals surface area contributed by atoms with Crippen LogP contribution < -0.4 is 5.32 Å². The molecule has 0 radical (unpaired) electrons. The molecular weight excluding hydrogens is 395 g/mol. The van der Waals surface area contributed by atoms with Gasteiger partial charge >= 0.3 is 0 Å². The van der Waals surface area contributed by atoms with Gasteiger partial charge in [-0.2, -0.15) is 0 Å². The first-order valence-corrected chi connectivity index (χ1v) is 9.97. The normalized spacial score (nSPS) is 16.5. The number of carbonyl (C=O) groups excluding carboxylic acids is 1. The Bertz CT molecular complexity index is 1040. The minimum absolute atomic E-state index is 0.00132. The van der Waals surface area contributed by atoms with E-state index >= 15 is 0 Å². The summed E-state index contributed by atoms with van der Waals surface area (Å²) in [6, 6.07) is 11.0. The summed E-state index contributed by atoms with van der Waals surface area (Å²) < 4.78 is 0. The van der Waals surface area contributed by atoms with Crippen molar-refractivity contribution >= 4 is 46.0 Å². The molecule has 144 valence electrons. The van der Waals surface area contributed by atoms with Crippen LogP contribution in [0.4, 0.5) is 5.82 Å². The Morgan fingerprint density at radius 3 is 2.93 bits per heavy atom. The van der Waals surface area contributed by atoms with Crippen molar-refractivity contribution in [3.63, 3.8) is 0 Å². The highest BCUT2D eigenvalue weighted by molar-refractivity contribution is 6.33. The number of fused-ring (bicyclic) bond motifs is 1. The first-order chi connectivity index (χ1) is 13.5. The Labute approximate surface area is 173 Å². The summed E-state index contributed by atoms with van der Waals surface area (Å²) in [5.41, 5.74) is 3.17. The SMILES string of the molecule is Cc1ccc(Cl)c(C(=O)N2CCC(CNc3cnc4cc(Cl)ccc4n3)C2)c1. The number of halogens is 2. The average molecular weight is 415 g/mol. The van der Waals surface area contributed by atoms with Crippen LogP contribution in [-0.4, -0.2) is 40.4 Å². The summed E-state index contributed by atoms with van der Waals surface area (Å²) in [6.45, 7) is 4.13. The molecule has 1 aliphatic rings. The standard InChI is InChI=1S/C21H20Cl2N4O/c1-13-2-4-17(23)16(8-13)21(28)27-7-6-14(12-27)10-25-20-11-24-19-9-15(22)3-5-18(19)26-20/h2-5,8-9,11,14H,6-7,10,12H2,1H3,(H,25,26). The van der Waals surface area contributed by atoms with Crippen LogP contribution in [0.5, 0.6) is 0 Å². The molecule has 1 unspecified atom stereocenters. The van der Waals surface area contributed by atoms with Crippen LogP contribution in [0.3, 0.4) is 0 Å². The maximum absolute atomic E-state index is 12.8. The van der Waals surface area contributed by atoms with Crippen molar-refractivity contribution in [1.82, 2.24) is 14.9 Å². The molecule has 0 spiro atoms. The first-order valence-electron chi connectivity index (χ1n) is 9.21. The molecule has 1 saturated heterocycles. The van der Waals surface area contributed by atoms with E-state index in [1.807, 2.05) is 30.0 Å². The predicted octanol–water partition coefficient (Wildman–Crippen LogP) is 4.82. The van der Waals surface area contributed by atoms with Crippen LogP contribution in [0.1, 0.15) is 22.3 Å². The Morgan fingerprint density at radius 1 is 1.21 bits per heavy atom. The van der Waals surface area contributed by atoms with Crippen molar-refractivity contribution in [2.24, 2.45) is 5.92 Å². The number of hydrogen-bond acceptors (Lipinski definition) is 4. The summed E-state index contributed by atoms with van der Waals surface area (Å²) in [5.74, 6) is 1.08. The lowest BCUT2D eigenvalue weighted by Gasteiger charge is -2.18. The van der Waals surface area contributed by atoms with Crippen molar-refractivity contribution in [3.8, 4) is 0 Å². The number of anilines is 1. The van der Waals surface area contributed by atoms with Gasteiger partial charge in [-0.25, -0.2) is 4.98 Å². The van der Waals surface area contributed by atoms with Crippen molar-refractivity contribution in [1.29, 1.82) is 0 Å². The summed E-state index contributed by atoms with van der Waals surface area (Å²) in [5, 5.41) is 4.49. The van der Waals surface area contributed by atoms with E-state index in [9.17, 15) is 4.79 Å². The molecule has 1 aliphatic heterocycles. The minimum Gasteiger partial charge on any atom is -0.368 e. The fraction of sp³-hybridized carbons (Fsp3) is 0.286. The van der Waals surface area contributed by atoms with E-state index in [1.54, 1.807) is 24.4 Å². The van der Waals surface area contributed by atoms with Crippen LogP contribution in [-0.2, 0) is 0 Å². The van der Waals surface area contributed by atoms with E-state index < -0.39 is 0 Å². The zero-order valence-electron chi connectivity index (χ0n) is 15.5. The first kappa shape index (κ1) is 19.0. The largest absolute Gasteiger partial charge is 0.368 e. The maximum Gasteiger partial charge on any atom is 0.255 e. The highest BCUT2D eigenvalue weighted by Crippen LogP contribution is 2.24. The number of carbonyl (C=O) groups is 1. The van der Waals surface area contributed by atoms with Crippen molar-refractivity contribution in [3.05, 3.63) is 63.8 Å². The highest BCUT2D eigenvalue weighted by atomic mass is 35.5. The van der Waals surface area contributed by atoms with Gasteiger partial charge < -0.3 is 10.2 Å². The predicted molar refractivity (Wildman–Crippen MR) is 113 cm³/mol. The van der Waals surface area contributed by atoms with Gasteiger partial charge in [-0.3, -0.25) is 9.78 Å². The van der Waals surface area contributed by atoms with Crippen LogP contribution in [0.25, 0.3) is 11.0 Å². The molecule has 0 aliphatic carbocycles. The van der Waals surface area contributed by atoms with Gasteiger partial charge in [-0.15, -0.1) is 0 Å². The zero-order valence-corrected chi connectivity index (χ0v) is 17.0. The number of amides is 1. The molecule has 1 fully saturated rings. The maximum atomic E-state index is 12.8. The monoisotopic (exact) mass is 414 g/mol. The third-order valence-corrected chi connectivity index (χ3v) is 5.57. The van der Waals surface area contributed by atoms with Crippen molar-refractivity contribution in [2.45, 2.75) is 13.3 Å². The smallest absolute Gasteiger partial charge is 0.255 e. The van der Waals surface area contributed by atoms with E-state index in [0.717, 1.165) is 41.9 Å². The summed E-state index contributed by atoms with van der Waals surface area (Å²) in [7, 11) is 0. The lowest BCUT2D eigenvalue weighted by atomic mass is 10.1. The Morgan fingerprint density at radius 2 is 2.07 bits per heavy atom. The molecule has 2 aromatic carbocycles. The molecule has 5 nitrogen and oxygen atoms in total. The third kappa shape index (κ3) is 4.05. The molecule has 2 heterocycles. The van der Waals surface area contributed by atoms with Gasteiger partial charge in [0.15, 0.2) is 0 Å². The van der Waals surface area contributed by atoms with Gasteiger partial charge in [0.1, 0.15) is 5.82 Å². The number of nitrogens with one attached hydrogen (secondary N) is 1. The number of benzene rings is 2. The van der Waals surface area contributed by atoms with Crippen molar-refractivity contribution < 1.29 is 4.79 Å². The molecule has 0 saturated carbocycles. The third-order valence-electron chi connectivity index (χ3n) is 5.00. The van der Waals surface area contributed by atoms with E-state index in [-0.39, 0.29) is 5.91 Å². The molecule has 28 heavy (non-hydrogen) atoms. The van der Waals surface area contributed by atoms with Gasteiger partial charge in [-0.05, 0) is 49.6 Å². The molecule has 4 rings (SSSR count). The second kappa shape index (κ2) is 7.94. The molecule has 1 aromatic heterocycles. The Kier molecular flexibility index (Phi) is 5.38. The molecule has 1 atom stereocenters. The van der Waals surface area contributed by atoms with E-state index in [4.69, 9.17) is 23.2 Å². The Hall–Kier alpha value is -2.37. The Balaban J connectivity index is 1.38. The molecule has 1 N–H and O–H groups in total. The van der Waals surface area contributed by atoms with Gasteiger partial charge in [0.25, 0.3) is 5.91 Å². The van der Waals surface area contributed by atoms with Crippen LogP contribution in [0.15, 0.2) is 42.6 Å². The van der Waals surface area contributed by atoms with E-state index in [0.29, 0.717) is 28.1 Å². The number of hydrogen-bond donors (Lipinski definition) is 1. The number of aryl methyl sites for hydroxylation is 1. The van der Waals surface area contributed by atoms with Crippen molar-refractivity contribution in [2.75, 3.05) is 25.0 Å². The number of likely N-dealkylation sites (tertiary alicyclic amines) is 1. The van der Waals surface area contributed by atoms with Gasteiger partial charge in [0.05, 0.1) is 27.8 Å². The molecule has 0 bridgehead atoms. The number of nitrogens with zero attached hydrogens (tertiary/aromatic N) is 3. The quantitative estimate of drug-likeness (QED) is 0.664. The fourth-order valence-corrected chi connectivity index (χ4v) is 3.84. The summed E-state index contributed by atoms with van der Waals surface area (Å²) in [4.78, 5) is 23.6. The van der Waals surface area contributed by atoms with E-state index in [1.165, 1.54) is 0 Å². The van der Waals surface area contributed by atoms with Gasteiger partial charge in [0.2, 0.25) is 0 Å². The average Bonchev–Trinajstić information content (AvgIpc) is 3.16. The molecule has 3 aromatic rings. The molecule has 1 amide bonds. The lowest BCUT2D eigenvalue weighted by molar-refractivity contribution is 0.0788. The van der Waals surface area contributed by atoms with E-state index in [2.05, 4.69) is 15.3 Å². The van der Waals surface area contributed by atoms with Gasteiger partial charge in [-0.1, -0.05) is 34.8 Å². The fourth-order valence-electron chi connectivity index (χ4n) is 3.48. The van der Waals surface area contributed by atoms with Gasteiger partial charge in [0, 0.05) is 24.7 Å². The second-order valence-electron chi connectivity index (χ2n) is 7.16. The van der Waals surface area contributed by atoms with Crippen LogP contribution in [0.2, 0.25) is 10.0 Å². The summed E-state index contributed by atoms with van der Waals surface area (Å²) >= 11 is 12.2. The highest BCUT2D eigenvalue weighted by Gasteiger charge is 2.28. The molecule has 7 heteroatoms.